The van der Waals surface area contributed by atoms with Crippen molar-refractivity contribution in [2.24, 2.45) is 5.92 Å². The predicted octanol–water partition coefficient (Wildman–Crippen LogP) is 2.27. The van der Waals surface area contributed by atoms with Crippen LogP contribution in [0.15, 0.2) is 29.3 Å². The number of imidazole rings is 1. The molecule has 2 aromatic heterocycles. The zero-order chi connectivity index (χ0) is 15.8. The number of hydrogen-bond acceptors (Lipinski definition) is 4. The molecule has 1 fully saturated rings. The molecule has 0 saturated heterocycles. The van der Waals surface area contributed by atoms with Crippen LogP contribution < -0.4 is 0 Å². The minimum atomic E-state index is -0.0118. The summed E-state index contributed by atoms with van der Waals surface area (Å²) >= 11 is 0. The van der Waals surface area contributed by atoms with Crippen LogP contribution in [0, 0.1) is 5.92 Å². The molecule has 1 aliphatic heterocycles. The summed E-state index contributed by atoms with van der Waals surface area (Å²) in [6.07, 6.45) is 7.58. The van der Waals surface area contributed by atoms with Crippen molar-refractivity contribution in [3.8, 4) is 0 Å². The average Bonchev–Trinajstić information content (AvgIpc) is 3.04. The molecule has 0 aromatic carbocycles. The zero-order valence-corrected chi connectivity index (χ0v) is 13.3. The second kappa shape index (κ2) is 5.85. The van der Waals surface area contributed by atoms with Gasteiger partial charge < -0.3 is 18.6 Å². The maximum Gasteiger partial charge on any atom is 0.257 e. The molecule has 0 bridgehead atoms. The lowest BCUT2D eigenvalue weighted by atomic mass is 9.98. The van der Waals surface area contributed by atoms with Crippen LogP contribution in [0.2, 0.25) is 0 Å². The molecule has 1 saturated carbocycles. The van der Waals surface area contributed by atoms with E-state index in [1.165, 1.54) is 31.1 Å². The molecule has 122 valence electrons. The molecule has 1 amide bonds. The maximum atomic E-state index is 12.6. The summed E-state index contributed by atoms with van der Waals surface area (Å²) in [7, 11) is 1.71. The number of amides is 1. The maximum absolute atomic E-state index is 12.6. The number of aromatic nitrogens is 2. The van der Waals surface area contributed by atoms with Gasteiger partial charge in [0.05, 0.1) is 37.0 Å². The minimum Gasteiger partial charge on any atom is -0.472 e. The third-order valence-electron chi connectivity index (χ3n) is 4.70. The summed E-state index contributed by atoms with van der Waals surface area (Å²) < 4.78 is 12.7. The van der Waals surface area contributed by atoms with Crippen LogP contribution in [0.1, 0.15) is 40.5 Å². The molecule has 1 aliphatic carbocycles. The van der Waals surface area contributed by atoms with Gasteiger partial charge in [0.25, 0.3) is 5.91 Å². The van der Waals surface area contributed by atoms with Crippen molar-refractivity contribution in [2.45, 2.75) is 31.8 Å². The van der Waals surface area contributed by atoms with Crippen molar-refractivity contribution in [1.29, 1.82) is 0 Å². The molecule has 4 rings (SSSR count). The number of hydrogen-bond donors (Lipinski definition) is 0. The summed E-state index contributed by atoms with van der Waals surface area (Å²) in [5.41, 5.74) is 2.83. The molecule has 2 aromatic rings. The van der Waals surface area contributed by atoms with E-state index in [2.05, 4.69) is 9.55 Å². The summed E-state index contributed by atoms with van der Waals surface area (Å²) in [5, 5.41) is 0. The van der Waals surface area contributed by atoms with E-state index in [1.807, 2.05) is 11.2 Å². The van der Waals surface area contributed by atoms with Crippen LogP contribution in [0.5, 0.6) is 0 Å². The molecular formula is C17H21N3O3. The largest absolute Gasteiger partial charge is 0.472 e. The fourth-order valence-corrected chi connectivity index (χ4v) is 3.40. The van der Waals surface area contributed by atoms with Gasteiger partial charge in [-0.1, -0.05) is 0 Å². The number of fused-ring (bicyclic) bond motifs is 1. The number of methoxy groups -OCH3 is 1. The summed E-state index contributed by atoms with van der Waals surface area (Å²) in [5.74, 6) is 0.949. The van der Waals surface area contributed by atoms with Gasteiger partial charge in [-0.2, -0.15) is 0 Å². The Bertz CT molecular complexity index is 688. The summed E-state index contributed by atoms with van der Waals surface area (Å²) in [6, 6.07) is 1.70. The third kappa shape index (κ3) is 2.79. The van der Waals surface area contributed by atoms with E-state index in [1.54, 1.807) is 13.2 Å². The second-order valence-corrected chi connectivity index (χ2v) is 6.52. The predicted molar refractivity (Wildman–Crippen MR) is 83.0 cm³/mol. The molecule has 1 unspecified atom stereocenters. The minimum absolute atomic E-state index is 0.0118. The number of carbonyl (C=O) groups excluding carboxylic acids is 1. The van der Waals surface area contributed by atoms with E-state index >= 15 is 0 Å². The molecule has 0 N–H and O–H groups in total. The highest BCUT2D eigenvalue weighted by Gasteiger charge is 2.34. The Labute approximate surface area is 135 Å². The van der Waals surface area contributed by atoms with Crippen molar-refractivity contribution in [3.05, 3.63) is 41.9 Å². The van der Waals surface area contributed by atoms with Gasteiger partial charge in [0, 0.05) is 31.8 Å². The molecule has 23 heavy (non-hydrogen) atoms. The highest BCUT2D eigenvalue weighted by Crippen LogP contribution is 2.34. The smallest absolute Gasteiger partial charge is 0.257 e. The van der Waals surface area contributed by atoms with E-state index in [-0.39, 0.29) is 11.8 Å². The van der Waals surface area contributed by atoms with Crippen LogP contribution in [0.3, 0.4) is 0 Å². The lowest BCUT2D eigenvalue weighted by molar-refractivity contribution is 0.0671. The first-order chi connectivity index (χ1) is 11.3. The fourth-order valence-electron chi connectivity index (χ4n) is 3.40. The van der Waals surface area contributed by atoms with Gasteiger partial charge in [-0.3, -0.25) is 4.79 Å². The first-order valence-corrected chi connectivity index (χ1v) is 8.10. The lowest BCUT2D eigenvalue weighted by Crippen LogP contribution is -2.40. The lowest BCUT2D eigenvalue weighted by Gasteiger charge is -2.32. The monoisotopic (exact) mass is 315 g/mol. The normalized spacial score (nSPS) is 20.6. The quantitative estimate of drug-likeness (QED) is 0.849. The van der Waals surface area contributed by atoms with Crippen molar-refractivity contribution < 1.29 is 13.9 Å². The SMILES string of the molecule is COCC1CN(C(=O)c2ccoc2)Cc2ncn(CC3CC3)c21. The van der Waals surface area contributed by atoms with E-state index in [4.69, 9.17) is 9.15 Å². The number of nitrogens with zero attached hydrogens (tertiary/aromatic N) is 3. The molecule has 6 nitrogen and oxygen atoms in total. The number of rotatable bonds is 5. The first-order valence-electron chi connectivity index (χ1n) is 8.10. The van der Waals surface area contributed by atoms with Crippen molar-refractivity contribution in [3.63, 3.8) is 0 Å². The van der Waals surface area contributed by atoms with Crippen LogP contribution in [0.25, 0.3) is 0 Å². The molecule has 0 spiro atoms. The Morgan fingerprint density at radius 1 is 1.48 bits per heavy atom. The highest BCUT2D eigenvalue weighted by atomic mass is 16.5. The topological polar surface area (TPSA) is 60.5 Å². The summed E-state index contributed by atoms with van der Waals surface area (Å²) in [4.78, 5) is 19.0. The molecule has 6 heteroatoms. The fraction of sp³-hybridized carbons (Fsp3) is 0.529. The van der Waals surface area contributed by atoms with Crippen LogP contribution in [-0.4, -0.2) is 40.6 Å². The number of carbonyl (C=O) groups is 1. The van der Waals surface area contributed by atoms with Crippen molar-refractivity contribution >= 4 is 5.91 Å². The Morgan fingerprint density at radius 3 is 3.04 bits per heavy atom. The van der Waals surface area contributed by atoms with E-state index in [0.29, 0.717) is 25.3 Å². The first kappa shape index (κ1) is 14.5. The van der Waals surface area contributed by atoms with Gasteiger partial charge in [-0.05, 0) is 24.8 Å². The van der Waals surface area contributed by atoms with Crippen molar-refractivity contribution in [2.75, 3.05) is 20.3 Å². The van der Waals surface area contributed by atoms with Gasteiger partial charge in [0.2, 0.25) is 0 Å². The molecule has 3 heterocycles. The van der Waals surface area contributed by atoms with E-state index < -0.39 is 0 Å². The van der Waals surface area contributed by atoms with E-state index in [0.717, 1.165) is 18.2 Å². The van der Waals surface area contributed by atoms with E-state index in [9.17, 15) is 4.79 Å². The number of furan rings is 1. The zero-order valence-electron chi connectivity index (χ0n) is 13.3. The Balaban J connectivity index is 1.60. The van der Waals surface area contributed by atoms with Gasteiger partial charge in [-0.15, -0.1) is 0 Å². The highest BCUT2D eigenvalue weighted by molar-refractivity contribution is 5.94. The van der Waals surface area contributed by atoms with Gasteiger partial charge >= 0.3 is 0 Å². The Kier molecular flexibility index (Phi) is 3.69. The Morgan fingerprint density at radius 2 is 2.35 bits per heavy atom. The molecule has 1 atom stereocenters. The Hall–Kier alpha value is -2.08. The van der Waals surface area contributed by atoms with Crippen LogP contribution in [-0.2, 0) is 17.8 Å². The van der Waals surface area contributed by atoms with Gasteiger partial charge in [-0.25, -0.2) is 4.98 Å². The van der Waals surface area contributed by atoms with Gasteiger partial charge in [0.1, 0.15) is 6.26 Å². The average molecular weight is 315 g/mol. The molecular weight excluding hydrogens is 294 g/mol. The molecule has 2 aliphatic rings. The van der Waals surface area contributed by atoms with Crippen LogP contribution in [0.4, 0.5) is 0 Å². The standard InChI is InChI=1S/C17H21N3O3/c1-22-9-14-7-19(17(21)13-4-5-23-10-13)8-15-16(14)20(11-18-15)6-12-2-3-12/h4-5,10-12,14H,2-3,6-9H2,1H3. The molecule has 0 radical (unpaired) electrons. The van der Waals surface area contributed by atoms with Gasteiger partial charge in [0.15, 0.2) is 0 Å². The second-order valence-electron chi connectivity index (χ2n) is 6.52. The summed E-state index contributed by atoms with van der Waals surface area (Å²) in [6.45, 7) is 2.84. The number of ether oxygens (including phenoxy) is 1. The third-order valence-corrected chi connectivity index (χ3v) is 4.70. The van der Waals surface area contributed by atoms with Crippen molar-refractivity contribution in [1.82, 2.24) is 14.5 Å². The van der Waals surface area contributed by atoms with Crippen LogP contribution >= 0.6 is 0 Å².